The van der Waals surface area contributed by atoms with Crippen LogP contribution in [0.4, 0.5) is 5.69 Å². The quantitative estimate of drug-likeness (QED) is 0.853. The van der Waals surface area contributed by atoms with Gasteiger partial charge in [-0.3, -0.25) is 9.78 Å². The first-order valence-corrected chi connectivity index (χ1v) is 6.25. The summed E-state index contributed by atoms with van der Waals surface area (Å²) >= 11 is 0. The first kappa shape index (κ1) is 13.1. The summed E-state index contributed by atoms with van der Waals surface area (Å²) in [5.74, 6) is -0.0556. The number of nitrogens with two attached hydrogens (primary N) is 1. The van der Waals surface area contributed by atoms with E-state index in [0.29, 0.717) is 18.8 Å². The molecule has 2 aromatic rings. The van der Waals surface area contributed by atoms with Crippen molar-refractivity contribution in [1.82, 2.24) is 9.88 Å². The van der Waals surface area contributed by atoms with Gasteiger partial charge in [-0.25, -0.2) is 0 Å². The lowest BCUT2D eigenvalue weighted by Gasteiger charge is -2.20. The molecule has 0 aliphatic carbocycles. The molecule has 0 radical (unpaired) electrons. The fourth-order valence-corrected chi connectivity index (χ4v) is 1.82. The lowest BCUT2D eigenvalue weighted by molar-refractivity contribution is 0.0746. The van der Waals surface area contributed by atoms with Crippen molar-refractivity contribution in [3.63, 3.8) is 0 Å². The van der Waals surface area contributed by atoms with Crippen LogP contribution in [0.25, 0.3) is 0 Å². The first-order chi connectivity index (χ1) is 9.20. The average Bonchev–Trinajstić information content (AvgIpc) is 2.47. The number of nitrogen functional groups attached to an aromatic ring is 1. The van der Waals surface area contributed by atoms with E-state index in [-0.39, 0.29) is 5.91 Å². The number of rotatable bonds is 4. The number of carbonyl (C=O) groups excluding carboxylic acids is 1. The number of pyridine rings is 1. The molecule has 2 rings (SSSR count). The maximum Gasteiger partial charge on any atom is 0.272 e. The highest BCUT2D eigenvalue weighted by Gasteiger charge is 2.15. The molecule has 0 unspecified atom stereocenters. The van der Waals surface area contributed by atoms with E-state index in [1.807, 2.05) is 37.3 Å². The van der Waals surface area contributed by atoms with E-state index in [0.717, 1.165) is 11.3 Å². The number of amides is 1. The maximum absolute atomic E-state index is 12.3. The van der Waals surface area contributed by atoms with Gasteiger partial charge in [0.1, 0.15) is 5.69 Å². The molecule has 0 saturated carbocycles. The van der Waals surface area contributed by atoms with E-state index in [1.54, 1.807) is 23.2 Å². The Bertz CT molecular complexity index is 537. The minimum Gasteiger partial charge on any atom is -0.399 e. The highest BCUT2D eigenvalue weighted by Crippen LogP contribution is 2.10. The van der Waals surface area contributed by atoms with E-state index in [9.17, 15) is 4.79 Å². The second-order valence-corrected chi connectivity index (χ2v) is 4.28. The molecule has 4 nitrogen and oxygen atoms in total. The Morgan fingerprint density at radius 1 is 1.21 bits per heavy atom. The molecule has 0 bridgehead atoms. The summed E-state index contributed by atoms with van der Waals surface area (Å²) in [6, 6.07) is 12.9. The third-order valence-electron chi connectivity index (χ3n) is 2.91. The number of nitrogens with zero attached hydrogens (tertiary/aromatic N) is 2. The lowest BCUT2D eigenvalue weighted by atomic mass is 10.2. The van der Waals surface area contributed by atoms with Crippen LogP contribution in [0.5, 0.6) is 0 Å². The average molecular weight is 255 g/mol. The molecule has 4 heteroatoms. The highest BCUT2D eigenvalue weighted by atomic mass is 16.2. The van der Waals surface area contributed by atoms with Gasteiger partial charge in [-0.2, -0.15) is 0 Å². The Kier molecular flexibility index (Phi) is 4.13. The molecule has 0 spiro atoms. The zero-order valence-electron chi connectivity index (χ0n) is 10.9. The summed E-state index contributed by atoms with van der Waals surface area (Å²) in [5, 5.41) is 0. The monoisotopic (exact) mass is 255 g/mol. The van der Waals surface area contributed by atoms with Crippen LogP contribution in [0.3, 0.4) is 0 Å². The summed E-state index contributed by atoms with van der Waals surface area (Å²) in [7, 11) is 0. The molecule has 1 aromatic heterocycles. The first-order valence-electron chi connectivity index (χ1n) is 6.25. The van der Waals surface area contributed by atoms with Crippen LogP contribution in [0, 0.1) is 0 Å². The standard InChI is InChI=1S/C15H17N3O/c1-2-18(11-12-6-8-13(16)9-7-12)15(19)14-5-3-4-10-17-14/h3-10H,2,11,16H2,1H3. The van der Waals surface area contributed by atoms with Gasteiger partial charge in [0, 0.05) is 25.0 Å². The zero-order valence-corrected chi connectivity index (χ0v) is 10.9. The number of hydrogen-bond acceptors (Lipinski definition) is 3. The van der Waals surface area contributed by atoms with Crippen LogP contribution in [-0.4, -0.2) is 22.3 Å². The Morgan fingerprint density at radius 2 is 1.95 bits per heavy atom. The van der Waals surface area contributed by atoms with Gasteiger partial charge in [0.05, 0.1) is 0 Å². The van der Waals surface area contributed by atoms with Crippen LogP contribution in [0.15, 0.2) is 48.7 Å². The van der Waals surface area contributed by atoms with Gasteiger partial charge in [-0.05, 0) is 36.8 Å². The van der Waals surface area contributed by atoms with E-state index in [2.05, 4.69) is 4.98 Å². The van der Waals surface area contributed by atoms with E-state index < -0.39 is 0 Å². The molecular formula is C15H17N3O. The molecule has 1 amide bonds. The van der Waals surface area contributed by atoms with Crippen LogP contribution in [0.1, 0.15) is 23.0 Å². The van der Waals surface area contributed by atoms with Crippen molar-refractivity contribution in [2.24, 2.45) is 0 Å². The van der Waals surface area contributed by atoms with Crippen molar-refractivity contribution in [3.05, 3.63) is 59.9 Å². The summed E-state index contributed by atoms with van der Waals surface area (Å²) in [6.45, 7) is 3.16. The maximum atomic E-state index is 12.3. The van der Waals surface area contributed by atoms with Gasteiger partial charge in [-0.1, -0.05) is 18.2 Å². The molecule has 1 heterocycles. The van der Waals surface area contributed by atoms with E-state index in [1.165, 1.54) is 0 Å². The van der Waals surface area contributed by atoms with Gasteiger partial charge in [0.25, 0.3) is 5.91 Å². The molecule has 0 aliphatic heterocycles. The Hall–Kier alpha value is -2.36. The number of benzene rings is 1. The molecule has 0 atom stereocenters. The van der Waals surface area contributed by atoms with Crippen LogP contribution >= 0.6 is 0 Å². The topological polar surface area (TPSA) is 59.2 Å². The van der Waals surface area contributed by atoms with Crippen molar-refractivity contribution >= 4 is 11.6 Å². The number of aromatic nitrogens is 1. The van der Waals surface area contributed by atoms with Crippen molar-refractivity contribution in [3.8, 4) is 0 Å². The third kappa shape index (κ3) is 3.31. The highest BCUT2D eigenvalue weighted by molar-refractivity contribution is 5.92. The second-order valence-electron chi connectivity index (χ2n) is 4.28. The molecule has 98 valence electrons. The van der Waals surface area contributed by atoms with Crippen molar-refractivity contribution in [2.75, 3.05) is 12.3 Å². The van der Waals surface area contributed by atoms with Gasteiger partial charge in [-0.15, -0.1) is 0 Å². The second kappa shape index (κ2) is 6.00. The normalized spacial score (nSPS) is 10.2. The van der Waals surface area contributed by atoms with Crippen LogP contribution < -0.4 is 5.73 Å². The van der Waals surface area contributed by atoms with Crippen LogP contribution in [-0.2, 0) is 6.54 Å². The predicted molar refractivity (Wildman–Crippen MR) is 75.5 cm³/mol. The Morgan fingerprint density at radius 3 is 2.53 bits per heavy atom. The Labute approximate surface area is 112 Å². The Balaban J connectivity index is 2.12. The molecule has 1 aromatic carbocycles. The number of carbonyl (C=O) groups is 1. The minimum absolute atomic E-state index is 0.0556. The van der Waals surface area contributed by atoms with Crippen molar-refractivity contribution < 1.29 is 4.79 Å². The van der Waals surface area contributed by atoms with Crippen molar-refractivity contribution in [2.45, 2.75) is 13.5 Å². The third-order valence-corrected chi connectivity index (χ3v) is 2.91. The smallest absolute Gasteiger partial charge is 0.272 e. The summed E-state index contributed by atoms with van der Waals surface area (Å²) in [4.78, 5) is 18.1. The fourth-order valence-electron chi connectivity index (χ4n) is 1.82. The molecule has 19 heavy (non-hydrogen) atoms. The molecule has 0 fully saturated rings. The van der Waals surface area contributed by atoms with Crippen LogP contribution in [0.2, 0.25) is 0 Å². The number of anilines is 1. The van der Waals surface area contributed by atoms with Gasteiger partial charge >= 0.3 is 0 Å². The molecular weight excluding hydrogens is 238 g/mol. The summed E-state index contributed by atoms with van der Waals surface area (Å²) in [5.41, 5.74) is 7.90. The van der Waals surface area contributed by atoms with Gasteiger partial charge in [0.15, 0.2) is 0 Å². The predicted octanol–water partition coefficient (Wildman–Crippen LogP) is 2.33. The number of hydrogen-bond donors (Lipinski definition) is 1. The molecule has 0 aliphatic rings. The van der Waals surface area contributed by atoms with E-state index >= 15 is 0 Å². The van der Waals surface area contributed by atoms with Crippen molar-refractivity contribution in [1.29, 1.82) is 0 Å². The van der Waals surface area contributed by atoms with Gasteiger partial charge in [0.2, 0.25) is 0 Å². The van der Waals surface area contributed by atoms with Gasteiger partial charge < -0.3 is 10.6 Å². The lowest BCUT2D eigenvalue weighted by Crippen LogP contribution is -2.30. The minimum atomic E-state index is -0.0556. The molecule has 0 saturated heterocycles. The van der Waals surface area contributed by atoms with E-state index in [4.69, 9.17) is 5.73 Å². The molecule has 2 N–H and O–H groups in total. The largest absolute Gasteiger partial charge is 0.399 e. The summed E-state index contributed by atoms with van der Waals surface area (Å²) in [6.07, 6.45) is 1.63. The fraction of sp³-hybridized carbons (Fsp3) is 0.200. The zero-order chi connectivity index (χ0) is 13.7. The SMILES string of the molecule is CCN(Cc1ccc(N)cc1)C(=O)c1ccccn1. The summed E-state index contributed by atoms with van der Waals surface area (Å²) < 4.78 is 0.